The van der Waals surface area contributed by atoms with Gasteiger partial charge in [-0.1, -0.05) is 10.3 Å². The van der Waals surface area contributed by atoms with Crippen molar-refractivity contribution in [2.75, 3.05) is 5.73 Å². The quantitative estimate of drug-likeness (QED) is 0.275. The van der Waals surface area contributed by atoms with Gasteiger partial charge in [0.15, 0.2) is 0 Å². The fourth-order valence-electron chi connectivity index (χ4n) is 0.536. The van der Waals surface area contributed by atoms with Gasteiger partial charge in [0.05, 0.1) is 0 Å². The molecular weight excluding hydrogens is 166 g/mol. The molecule has 8 heteroatoms. The predicted octanol–water partition coefficient (Wildman–Crippen LogP) is -1.68. The minimum atomic E-state index is -0.974. The molecule has 0 spiro atoms. The van der Waals surface area contributed by atoms with Crippen molar-refractivity contribution in [1.29, 1.82) is 0 Å². The van der Waals surface area contributed by atoms with Gasteiger partial charge in [0.2, 0.25) is 11.5 Å². The number of carbonyl (C=O) groups is 1. The first-order chi connectivity index (χ1) is 5.65. The van der Waals surface area contributed by atoms with Crippen LogP contribution < -0.4 is 11.5 Å². The van der Waals surface area contributed by atoms with E-state index in [-0.39, 0.29) is 11.8 Å². The van der Waals surface area contributed by atoms with Crippen LogP contribution in [-0.2, 0) is 4.79 Å². The highest BCUT2D eigenvalue weighted by molar-refractivity contribution is 6.43. The molecule has 0 fully saturated rings. The maximum absolute atomic E-state index is 10.5. The molecule has 0 aromatic carbocycles. The highest BCUT2D eigenvalue weighted by atomic mass is 16.5. The highest BCUT2D eigenvalue weighted by Crippen LogP contribution is 1.98. The number of anilines is 1. The average molecular weight is 171 g/mol. The second-order valence-corrected chi connectivity index (χ2v) is 1.77. The van der Waals surface area contributed by atoms with Crippen LogP contribution in [0.1, 0.15) is 5.82 Å². The highest BCUT2D eigenvalue weighted by Gasteiger charge is 2.17. The molecule has 0 saturated heterocycles. The van der Waals surface area contributed by atoms with E-state index in [4.69, 9.17) is 16.7 Å². The fourth-order valence-corrected chi connectivity index (χ4v) is 0.536. The van der Waals surface area contributed by atoms with Gasteiger partial charge in [-0.15, -0.1) is 0 Å². The summed E-state index contributed by atoms with van der Waals surface area (Å²) in [5, 5.41) is 14.1. The van der Waals surface area contributed by atoms with Crippen LogP contribution in [0.3, 0.4) is 0 Å². The Kier molecular flexibility index (Phi) is 1.90. The Hall–Kier alpha value is -2.12. The van der Waals surface area contributed by atoms with E-state index in [1.807, 2.05) is 0 Å². The normalized spacial score (nSPS) is 11.5. The van der Waals surface area contributed by atoms with E-state index < -0.39 is 11.6 Å². The number of nitrogens with zero attached hydrogens (tertiary/aromatic N) is 3. The molecule has 0 atom stereocenters. The Labute approximate surface area is 65.8 Å². The Morgan fingerprint density at radius 2 is 2.33 bits per heavy atom. The molecule has 1 aromatic heterocycles. The van der Waals surface area contributed by atoms with Crippen molar-refractivity contribution in [3.05, 3.63) is 5.82 Å². The van der Waals surface area contributed by atoms with Gasteiger partial charge in [0, 0.05) is 0 Å². The minimum Gasteiger partial charge on any atom is -0.410 e. The summed E-state index contributed by atoms with van der Waals surface area (Å²) >= 11 is 0. The van der Waals surface area contributed by atoms with Gasteiger partial charge in [-0.3, -0.25) is 4.79 Å². The van der Waals surface area contributed by atoms with Crippen molar-refractivity contribution in [3.8, 4) is 0 Å². The lowest BCUT2D eigenvalue weighted by molar-refractivity contribution is -0.112. The van der Waals surface area contributed by atoms with Gasteiger partial charge in [0.25, 0.3) is 5.91 Å². The third-order valence-electron chi connectivity index (χ3n) is 0.987. The summed E-state index contributed by atoms with van der Waals surface area (Å²) < 4.78 is 4.31. The lowest BCUT2D eigenvalue weighted by Gasteiger charge is -1.88. The van der Waals surface area contributed by atoms with Crippen molar-refractivity contribution in [2.45, 2.75) is 0 Å². The summed E-state index contributed by atoms with van der Waals surface area (Å²) in [6, 6.07) is -0.243. The van der Waals surface area contributed by atoms with E-state index in [9.17, 15) is 4.79 Å². The van der Waals surface area contributed by atoms with E-state index in [2.05, 4.69) is 19.8 Å². The number of oxime groups is 1. The number of aromatic nitrogens is 2. The number of hydrogen-bond donors (Lipinski definition) is 3. The molecule has 0 aliphatic rings. The van der Waals surface area contributed by atoms with Gasteiger partial charge < -0.3 is 21.2 Å². The third kappa shape index (κ3) is 1.31. The van der Waals surface area contributed by atoms with Crippen LogP contribution in [0.15, 0.2) is 9.68 Å². The predicted molar refractivity (Wildman–Crippen MR) is 36.2 cm³/mol. The van der Waals surface area contributed by atoms with Gasteiger partial charge in [-0.05, 0) is 0 Å². The molecule has 0 aliphatic heterocycles. The van der Waals surface area contributed by atoms with E-state index in [0.717, 1.165) is 0 Å². The number of nitrogen functional groups attached to an aromatic ring is 1. The Morgan fingerprint density at radius 1 is 1.67 bits per heavy atom. The maximum atomic E-state index is 10.5. The first kappa shape index (κ1) is 7.98. The van der Waals surface area contributed by atoms with Crippen molar-refractivity contribution in [3.63, 3.8) is 0 Å². The number of carbonyl (C=O) groups excluding carboxylic acids is 1. The standard InChI is InChI=1S/C4H5N5O3/c5-2(10)1(8-11)3-7-4(6)12-9-3/h11H,(H2,5,10)(H2,6,7,9)/b8-1+. The number of hydrogen-bond acceptors (Lipinski definition) is 7. The number of primary amides is 1. The number of amides is 1. The molecule has 5 N–H and O–H groups in total. The molecule has 12 heavy (non-hydrogen) atoms. The zero-order valence-corrected chi connectivity index (χ0v) is 5.76. The van der Waals surface area contributed by atoms with E-state index in [0.29, 0.717) is 0 Å². The maximum Gasteiger partial charge on any atom is 0.319 e. The van der Waals surface area contributed by atoms with E-state index in [1.165, 1.54) is 0 Å². The first-order valence-electron chi connectivity index (χ1n) is 2.76. The molecule has 0 radical (unpaired) electrons. The third-order valence-corrected chi connectivity index (χ3v) is 0.987. The van der Waals surface area contributed by atoms with Crippen LogP contribution in [-0.4, -0.2) is 27.0 Å². The van der Waals surface area contributed by atoms with Crippen LogP contribution in [0.25, 0.3) is 0 Å². The van der Waals surface area contributed by atoms with Crippen molar-refractivity contribution >= 4 is 17.6 Å². The molecule has 8 nitrogen and oxygen atoms in total. The fraction of sp³-hybridized carbons (Fsp3) is 0. The van der Waals surface area contributed by atoms with E-state index in [1.54, 1.807) is 0 Å². The molecule has 64 valence electrons. The summed E-state index contributed by atoms with van der Waals surface area (Å²) in [5.74, 6) is -1.22. The van der Waals surface area contributed by atoms with Crippen molar-refractivity contribution in [2.24, 2.45) is 10.9 Å². The van der Waals surface area contributed by atoms with Gasteiger partial charge >= 0.3 is 6.01 Å². The van der Waals surface area contributed by atoms with Gasteiger partial charge in [0.1, 0.15) is 0 Å². The molecule has 1 amide bonds. The SMILES string of the molecule is NC(=O)/C(=N\O)c1noc(N)n1. The molecule has 0 aliphatic carbocycles. The van der Waals surface area contributed by atoms with Crippen molar-refractivity contribution in [1.82, 2.24) is 10.1 Å². The van der Waals surface area contributed by atoms with Crippen LogP contribution in [0.2, 0.25) is 0 Å². The average Bonchev–Trinajstić information content (AvgIpc) is 2.37. The molecule has 0 saturated carbocycles. The van der Waals surface area contributed by atoms with Gasteiger partial charge in [-0.2, -0.15) is 4.98 Å². The van der Waals surface area contributed by atoms with Crippen LogP contribution in [0, 0.1) is 0 Å². The topological polar surface area (TPSA) is 141 Å². The smallest absolute Gasteiger partial charge is 0.319 e. The first-order valence-corrected chi connectivity index (χ1v) is 2.76. The van der Waals surface area contributed by atoms with Crippen LogP contribution in [0.5, 0.6) is 0 Å². The number of rotatable bonds is 2. The number of nitrogens with two attached hydrogens (primary N) is 2. The summed E-state index contributed by atoms with van der Waals surface area (Å²) in [4.78, 5) is 13.9. The van der Waals surface area contributed by atoms with Gasteiger partial charge in [-0.25, -0.2) is 0 Å². The summed E-state index contributed by atoms with van der Waals surface area (Å²) in [6.45, 7) is 0. The molecule has 1 rings (SSSR count). The lowest BCUT2D eigenvalue weighted by atomic mass is 10.3. The summed E-state index contributed by atoms with van der Waals surface area (Å²) in [5.41, 5.74) is 9.33. The summed E-state index contributed by atoms with van der Waals surface area (Å²) in [7, 11) is 0. The zero-order valence-electron chi connectivity index (χ0n) is 5.76. The Morgan fingerprint density at radius 3 is 2.67 bits per heavy atom. The Balaban J connectivity index is 3.04. The lowest BCUT2D eigenvalue weighted by Crippen LogP contribution is -2.25. The van der Waals surface area contributed by atoms with Crippen LogP contribution in [0.4, 0.5) is 6.01 Å². The van der Waals surface area contributed by atoms with E-state index >= 15 is 0 Å². The summed E-state index contributed by atoms with van der Waals surface area (Å²) in [6.07, 6.45) is 0. The molecular formula is C4H5N5O3. The second kappa shape index (κ2) is 2.86. The zero-order chi connectivity index (χ0) is 9.14. The molecule has 0 bridgehead atoms. The second-order valence-electron chi connectivity index (χ2n) is 1.77. The minimum absolute atomic E-state index is 0.243. The van der Waals surface area contributed by atoms with Crippen LogP contribution >= 0.6 is 0 Å². The monoisotopic (exact) mass is 171 g/mol. The largest absolute Gasteiger partial charge is 0.410 e. The molecule has 1 aromatic rings. The van der Waals surface area contributed by atoms with Crippen molar-refractivity contribution < 1.29 is 14.5 Å². The molecule has 1 heterocycles. The Bertz CT molecular complexity index is 329. The molecule has 0 unspecified atom stereocenters.